The number of benzene rings is 1. The van der Waals surface area contributed by atoms with Gasteiger partial charge in [-0.3, -0.25) is 0 Å². The van der Waals surface area contributed by atoms with Gasteiger partial charge in [-0.2, -0.15) is 0 Å². The van der Waals surface area contributed by atoms with Gasteiger partial charge in [-0.25, -0.2) is 4.79 Å². The third-order valence-electron chi connectivity index (χ3n) is 2.11. The lowest BCUT2D eigenvalue weighted by Gasteiger charge is -2.16. The van der Waals surface area contributed by atoms with E-state index in [2.05, 4.69) is 0 Å². The Morgan fingerprint density at radius 1 is 1.31 bits per heavy atom. The van der Waals surface area contributed by atoms with E-state index in [0.29, 0.717) is 12.2 Å². The van der Waals surface area contributed by atoms with Crippen LogP contribution in [0.4, 0.5) is 0 Å². The van der Waals surface area contributed by atoms with Crippen molar-refractivity contribution in [3.05, 3.63) is 29.8 Å². The molecule has 0 amide bonds. The minimum atomic E-state index is -0.955. The highest BCUT2D eigenvalue weighted by molar-refractivity contribution is 5.87. The highest BCUT2D eigenvalue weighted by Gasteiger charge is 2.08. The van der Waals surface area contributed by atoms with Crippen molar-refractivity contribution in [2.45, 2.75) is 32.5 Å². The smallest absolute Gasteiger partial charge is 0.335 e. The third kappa shape index (κ3) is 3.90. The van der Waals surface area contributed by atoms with Crippen LogP contribution in [0.3, 0.4) is 0 Å². The topological polar surface area (TPSA) is 66.8 Å². The number of ether oxygens (including phenoxy) is 1. The van der Waals surface area contributed by atoms with Crippen LogP contribution in [0.2, 0.25) is 0 Å². The number of hydrogen-bond donors (Lipinski definition) is 2. The summed E-state index contributed by atoms with van der Waals surface area (Å²) in [5.41, 5.74) is 0.232. The van der Waals surface area contributed by atoms with Gasteiger partial charge in [0.25, 0.3) is 0 Å². The molecule has 1 aromatic rings. The summed E-state index contributed by atoms with van der Waals surface area (Å²) in [5.74, 6) is -0.346. The SMILES string of the molecule is C[C@H](O)C[C@@H](C)Oc1ccc(C(=O)O)cc1. The van der Waals surface area contributed by atoms with Gasteiger partial charge >= 0.3 is 5.97 Å². The van der Waals surface area contributed by atoms with Crippen molar-refractivity contribution in [1.82, 2.24) is 0 Å². The Hall–Kier alpha value is -1.55. The van der Waals surface area contributed by atoms with Gasteiger partial charge in [-0.15, -0.1) is 0 Å². The Morgan fingerprint density at radius 2 is 1.88 bits per heavy atom. The first-order valence-corrected chi connectivity index (χ1v) is 5.17. The first-order valence-electron chi connectivity index (χ1n) is 5.17. The normalized spacial score (nSPS) is 14.2. The number of aliphatic hydroxyl groups is 1. The van der Waals surface area contributed by atoms with Gasteiger partial charge in [0.05, 0.1) is 17.8 Å². The Balaban J connectivity index is 2.58. The predicted octanol–water partition coefficient (Wildman–Crippen LogP) is 1.92. The Morgan fingerprint density at radius 3 is 2.31 bits per heavy atom. The average Bonchev–Trinajstić information content (AvgIpc) is 2.16. The van der Waals surface area contributed by atoms with Crippen molar-refractivity contribution in [3.8, 4) is 5.75 Å². The molecule has 0 fully saturated rings. The number of carbonyl (C=O) groups is 1. The molecule has 4 heteroatoms. The lowest BCUT2D eigenvalue weighted by molar-refractivity contribution is 0.0697. The maximum absolute atomic E-state index is 10.6. The van der Waals surface area contributed by atoms with Crippen molar-refractivity contribution in [1.29, 1.82) is 0 Å². The van der Waals surface area contributed by atoms with E-state index in [1.165, 1.54) is 12.1 Å². The maximum Gasteiger partial charge on any atom is 0.335 e. The molecule has 0 bridgehead atoms. The predicted molar refractivity (Wildman–Crippen MR) is 59.8 cm³/mol. The molecule has 0 unspecified atom stereocenters. The molecule has 2 N–H and O–H groups in total. The summed E-state index contributed by atoms with van der Waals surface area (Å²) in [4.78, 5) is 10.6. The Bertz CT molecular complexity index is 343. The van der Waals surface area contributed by atoms with Gasteiger partial charge in [0.1, 0.15) is 5.75 Å². The molecule has 4 nitrogen and oxygen atoms in total. The van der Waals surface area contributed by atoms with Crippen LogP contribution in [0.15, 0.2) is 24.3 Å². The van der Waals surface area contributed by atoms with Crippen molar-refractivity contribution in [2.24, 2.45) is 0 Å². The van der Waals surface area contributed by atoms with E-state index >= 15 is 0 Å². The van der Waals surface area contributed by atoms with Crippen LogP contribution in [0.5, 0.6) is 5.75 Å². The minimum Gasteiger partial charge on any atom is -0.491 e. The number of aromatic carboxylic acids is 1. The average molecular weight is 224 g/mol. The van der Waals surface area contributed by atoms with Crippen LogP contribution >= 0.6 is 0 Å². The molecule has 2 atom stereocenters. The summed E-state index contributed by atoms with van der Waals surface area (Å²) in [5, 5.41) is 17.9. The van der Waals surface area contributed by atoms with Gasteiger partial charge in [-0.05, 0) is 38.1 Å². The second kappa shape index (κ2) is 5.51. The molecule has 88 valence electrons. The fraction of sp³-hybridized carbons (Fsp3) is 0.417. The summed E-state index contributed by atoms with van der Waals surface area (Å²) >= 11 is 0. The van der Waals surface area contributed by atoms with Crippen LogP contribution in [0.25, 0.3) is 0 Å². The van der Waals surface area contributed by atoms with E-state index < -0.39 is 12.1 Å². The molecular formula is C12H16O4. The molecule has 1 aromatic carbocycles. The molecule has 1 rings (SSSR count). The van der Waals surface area contributed by atoms with E-state index in [-0.39, 0.29) is 11.7 Å². The summed E-state index contributed by atoms with van der Waals surface area (Å²) in [6.07, 6.45) is 0.0321. The van der Waals surface area contributed by atoms with Gasteiger partial charge < -0.3 is 14.9 Å². The maximum atomic E-state index is 10.6. The molecule has 0 saturated carbocycles. The van der Waals surface area contributed by atoms with E-state index in [0.717, 1.165) is 0 Å². The molecule has 0 aliphatic rings. The highest BCUT2D eigenvalue weighted by Crippen LogP contribution is 2.15. The largest absolute Gasteiger partial charge is 0.491 e. The van der Waals surface area contributed by atoms with Crippen LogP contribution in [0.1, 0.15) is 30.6 Å². The molecule has 0 aliphatic carbocycles. The molecule has 0 radical (unpaired) electrons. The van der Waals surface area contributed by atoms with Crippen molar-refractivity contribution >= 4 is 5.97 Å². The van der Waals surface area contributed by atoms with E-state index in [1.54, 1.807) is 19.1 Å². The van der Waals surface area contributed by atoms with Crippen molar-refractivity contribution in [2.75, 3.05) is 0 Å². The summed E-state index contributed by atoms with van der Waals surface area (Å²) < 4.78 is 5.51. The van der Waals surface area contributed by atoms with Crippen LogP contribution < -0.4 is 4.74 Å². The zero-order chi connectivity index (χ0) is 12.1. The zero-order valence-electron chi connectivity index (χ0n) is 9.38. The summed E-state index contributed by atoms with van der Waals surface area (Å²) in [7, 11) is 0. The lowest BCUT2D eigenvalue weighted by Crippen LogP contribution is -2.18. The Labute approximate surface area is 94.5 Å². The molecule has 16 heavy (non-hydrogen) atoms. The van der Waals surface area contributed by atoms with Gasteiger partial charge in [-0.1, -0.05) is 0 Å². The molecule has 0 heterocycles. The standard InChI is InChI=1S/C12H16O4/c1-8(13)7-9(2)16-11-5-3-10(4-6-11)12(14)15/h3-6,8-9,13H,7H2,1-2H3,(H,14,15)/t8-,9+/m0/s1. The first-order chi connectivity index (χ1) is 7.49. The van der Waals surface area contributed by atoms with Gasteiger partial charge in [0.2, 0.25) is 0 Å². The molecule has 0 aromatic heterocycles. The van der Waals surface area contributed by atoms with Crippen LogP contribution in [-0.2, 0) is 0 Å². The molecular weight excluding hydrogens is 208 g/mol. The quantitative estimate of drug-likeness (QED) is 0.801. The Kier molecular flexibility index (Phi) is 4.31. The van der Waals surface area contributed by atoms with Crippen molar-refractivity contribution in [3.63, 3.8) is 0 Å². The van der Waals surface area contributed by atoms with Gasteiger partial charge in [0.15, 0.2) is 0 Å². The second-order valence-electron chi connectivity index (χ2n) is 3.84. The fourth-order valence-corrected chi connectivity index (χ4v) is 1.44. The summed E-state index contributed by atoms with van der Waals surface area (Å²) in [6.45, 7) is 3.56. The van der Waals surface area contributed by atoms with Crippen LogP contribution in [0, 0.1) is 0 Å². The summed E-state index contributed by atoms with van der Waals surface area (Å²) in [6, 6.07) is 6.21. The van der Waals surface area contributed by atoms with E-state index in [1.807, 2.05) is 6.92 Å². The number of carboxylic acids is 1. The number of carboxylic acid groups (broad SMARTS) is 1. The van der Waals surface area contributed by atoms with Crippen molar-refractivity contribution < 1.29 is 19.7 Å². The highest BCUT2D eigenvalue weighted by atomic mass is 16.5. The fourth-order valence-electron chi connectivity index (χ4n) is 1.44. The monoisotopic (exact) mass is 224 g/mol. The molecule has 0 aliphatic heterocycles. The zero-order valence-corrected chi connectivity index (χ0v) is 9.38. The third-order valence-corrected chi connectivity index (χ3v) is 2.11. The van der Waals surface area contributed by atoms with E-state index in [9.17, 15) is 4.79 Å². The minimum absolute atomic E-state index is 0.101. The second-order valence-corrected chi connectivity index (χ2v) is 3.84. The number of aliphatic hydroxyl groups excluding tert-OH is 1. The molecule has 0 saturated heterocycles. The number of hydrogen-bond acceptors (Lipinski definition) is 3. The van der Waals surface area contributed by atoms with E-state index in [4.69, 9.17) is 14.9 Å². The molecule has 0 spiro atoms. The van der Waals surface area contributed by atoms with Gasteiger partial charge in [0, 0.05) is 6.42 Å². The number of rotatable bonds is 5. The van der Waals surface area contributed by atoms with Crippen LogP contribution in [-0.4, -0.2) is 28.4 Å². The first kappa shape index (κ1) is 12.5. The lowest BCUT2D eigenvalue weighted by atomic mass is 10.2.